The SMILES string of the molecule is O=C(c1cc(C(F)(F)F)cc(C(F)(F)F)c1)N1CCC[C@@H]1c1ncnn1-c1ncccn1. The summed E-state index contributed by atoms with van der Waals surface area (Å²) in [4.78, 5) is 26.5. The minimum atomic E-state index is -5.05. The fraction of sp³-hybridized carbons (Fsp3) is 0.316. The van der Waals surface area contributed by atoms with E-state index >= 15 is 0 Å². The van der Waals surface area contributed by atoms with E-state index < -0.39 is 41.0 Å². The summed E-state index contributed by atoms with van der Waals surface area (Å²) in [6.07, 6.45) is -5.10. The zero-order chi connectivity index (χ0) is 23.1. The lowest BCUT2D eigenvalue weighted by atomic mass is 10.0. The molecule has 0 saturated carbocycles. The first-order chi connectivity index (χ1) is 15.1. The van der Waals surface area contributed by atoms with Crippen molar-refractivity contribution in [3.05, 3.63) is 65.5 Å². The van der Waals surface area contributed by atoms with Crippen LogP contribution in [0.2, 0.25) is 0 Å². The molecule has 0 spiro atoms. The van der Waals surface area contributed by atoms with E-state index in [1.54, 1.807) is 6.07 Å². The molecule has 0 aliphatic carbocycles. The van der Waals surface area contributed by atoms with Crippen LogP contribution < -0.4 is 0 Å². The first-order valence-corrected chi connectivity index (χ1v) is 9.33. The topological polar surface area (TPSA) is 76.8 Å². The number of nitrogens with zero attached hydrogens (tertiary/aromatic N) is 6. The quantitative estimate of drug-likeness (QED) is 0.556. The number of likely N-dealkylation sites (tertiary alicyclic amines) is 1. The third-order valence-electron chi connectivity index (χ3n) is 4.96. The van der Waals surface area contributed by atoms with Crippen LogP contribution >= 0.6 is 0 Å². The fourth-order valence-electron chi connectivity index (χ4n) is 3.55. The van der Waals surface area contributed by atoms with Gasteiger partial charge in [0.05, 0.1) is 17.2 Å². The van der Waals surface area contributed by atoms with Crippen molar-refractivity contribution in [2.24, 2.45) is 0 Å². The molecule has 3 heterocycles. The Kier molecular flexibility index (Phi) is 5.34. The van der Waals surface area contributed by atoms with Crippen molar-refractivity contribution in [2.45, 2.75) is 31.2 Å². The first kappa shape index (κ1) is 21.7. The van der Waals surface area contributed by atoms with Gasteiger partial charge in [0.25, 0.3) is 11.9 Å². The van der Waals surface area contributed by atoms with Crippen LogP contribution in [0.1, 0.15) is 46.2 Å². The van der Waals surface area contributed by atoms with Crippen LogP contribution in [-0.4, -0.2) is 42.1 Å². The van der Waals surface area contributed by atoms with E-state index in [1.165, 1.54) is 28.3 Å². The Balaban J connectivity index is 1.72. The number of carbonyl (C=O) groups is 1. The monoisotopic (exact) mass is 456 g/mol. The van der Waals surface area contributed by atoms with E-state index in [9.17, 15) is 31.1 Å². The van der Waals surface area contributed by atoms with Crippen LogP contribution in [0.3, 0.4) is 0 Å². The number of halogens is 6. The Hall–Kier alpha value is -3.51. The molecule has 2 aromatic heterocycles. The molecule has 168 valence electrons. The summed E-state index contributed by atoms with van der Waals surface area (Å²) in [6.45, 7) is 0.129. The molecular formula is C19H14F6N6O. The maximum absolute atomic E-state index is 13.2. The minimum absolute atomic E-state index is 0.0123. The molecule has 4 rings (SSSR count). The Morgan fingerprint density at radius 1 is 0.938 bits per heavy atom. The fourth-order valence-corrected chi connectivity index (χ4v) is 3.55. The number of alkyl halides is 6. The molecule has 1 saturated heterocycles. The Bertz CT molecular complexity index is 1100. The summed E-state index contributed by atoms with van der Waals surface area (Å²) in [5.74, 6) is -0.546. The summed E-state index contributed by atoms with van der Waals surface area (Å²) in [5.41, 5.74) is -3.80. The van der Waals surface area contributed by atoms with Crippen molar-refractivity contribution < 1.29 is 31.1 Å². The molecule has 1 fully saturated rings. The smallest absolute Gasteiger partial charge is 0.328 e. The van der Waals surface area contributed by atoms with Crippen molar-refractivity contribution in [3.63, 3.8) is 0 Å². The molecule has 0 N–H and O–H groups in total. The largest absolute Gasteiger partial charge is 0.416 e. The maximum Gasteiger partial charge on any atom is 0.416 e. The molecule has 7 nitrogen and oxygen atoms in total. The zero-order valence-corrected chi connectivity index (χ0v) is 16.1. The second kappa shape index (κ2) is 7.88. The van der Waals surface area contributed by atoms with Gasteiger partial charge in [-0.15, -0.1) is 0 Å². The van der Waals surface area contributed by atoms with Gasteiger partial charge in [0.15, 0.2) is 5.82 Å². The van der Waals surface area contributed by atoms with Crippen LogP contribution in [0, 0.1) is 0 Å². The number of hydrogen-bond donors (Lipinski definition) is 0. The van der Waals surface area contributed by atoms with Gasteiger partial charge in [0.1, 0.15) is 6.33 Å². The van der Waals surface area contributed by atoms with Gasteiger partial charge in [-0.25, -0.2) is 15.0 Å². The van der Waals surface area contributed by atoms with E-state index in [0.717, 1.165) is 0 Å². The first-order valence-electron chi connectivity index (χ1n) is 9.33. The van der Waals surface area contributed by atoms with Crippen LogP contribution in [-0.2, 0) is 12.4 Å². The molecule has 1 amide bonds. The standard InChI is InChI=1S/C19H14F6N6O/c20-18(21,22)12-7-11(8-13(9-12)19(23,24)25)16(32)30-6-1-3-14(30)15-28-10-29-31(15)17-26-4-2-5-27-17/h2,4-5,7-10,14H,1,3,6H2/t14-/m1/s1. The van der Waals surface area contributed by atoms with Crippen LogP contribution in [0.15, 0.2) is 43.0 Å². The van der Waals surface area contributed by atoms with E-state index in [2.05, 4.69) is 20.1 Å². The molecule has 1 aliphatic heterocycles. The van der Waals surface area contributed by atoms with Gasteiger partial charge in [-0.05, 0) is 37.1 Å². The van der Waals surface area contributed by atoms with Gasteiger partial charge in [0.2, 0.25) is 0 Å². The number of aromatic nitrogens is 5. The highest BCUT2D eigenvalue weighted by molar-refractivity contribution is 5.95. The maximum atomic E-state index is 13.2. The molecule has 0 unspecified atom stereocenters. The Morgan fingerprint density at radius 3 is 2.16 bits per heavy atom. The lowest BCUT2D eigenvalue weighted by molar-refractivity contribution is -0.143. The molecule has 0 radical (unpaired) electrons. The average molecular weight is 456 g/mol. The molecule has 1 aromatic carbocycles. The number of amides is 1. The van der Waals surface area contributed by atoms with E-state index in [1.807, 2.05) is 0 Å². The van der Waals surface area contributed by atoms with Crippen molar-refractivity contribution >= 4 is 5.91 Å². The highest BCUT2D eigenvalue weighted by atomic mass is 19.4. The van der Waals surface area contributed by atoms with Crippen molar-refractivity contribution in [3.8, 4) is 5.95 Å². The minimum Gasteiger partial charge on any atom is -0.328 e. The van der Waals surface area contributed by atoms with Gasteiger partial charge in [-0.1, -0.05) is 0 Å². The van der Waals surface area contributed by atoms with Gasteiger partial charge in [0, 0.05) is 24.5 Å². The second-order valence-electron chi connectivity index (χ2n) is 7.03. The highest BCUT2D eigenvalue weighted by Crippen LogP contribution is 2.38. The molecule has 1 aliphatic rings. The number of hydrogen-bond acceptors (Lipinski definition) is 5. The van der Waals surface area contributed by atoms with Gasteiger partial charge in [-0.2, -0.15) is 36.1 Å². The summed E-state index contributed by atoms with van der Waals surface area (Å²) in [6, 6.07) is 1.70. The predicted molar refractivity (Wildman–Crippen MR) is 96.4 cm³/mol. The molecular weight excluding hydrogens is 442 g/mol. The van der Waals surface area contributed by atoms with Gasteiger partial charge >= 0.3 is 12.4 Å². The lowest BCUT2D eigenvalue weighted by Gasteiger charge is -2.25. The average Bonchev–Trinajstić information content (AvgIpc) is 3.41. The van der Waals surface area contributed by atoms with Crippen LogP contribution in [0.5, 0.6) is 0 Å². The lowest BCUT2D eigenvalue weighted by Crippen LogP contribution is -2.32. The zero-order valence-electron chi connectivity index (χ0n) is 16.1. The van der Waals surface area contributed by atoms with Gasteiger partial charge in [-0.3, -0.25) is 4.79 Å². The number of benzene rings is 1. The highest BCUT2D eigenvalue weighted by Gasteiger charge is 2.40. The summed E-state index contributed by atoms with van der Waals surface area (Å²) < 4.78 is 80.4. The third kappa shape index (κ3) is 4.14. The van der Waals surface area contributed by atoms with Crippen LogP contribution in [0.4, 0.5) is 26.3 Å². The molecule has 3 aromatic rings. The van der Waals surface area contributed by atoms with Crippen molar-refractivity contribution in [2.75, 3.05) is 6.54 Å². The molecule has 13 heteroatoms. The second-order valence-corrected chi connectivity index (χ2v) is 7.03. The predicted octanol–water partition coefficient (Wildman–Crippen LogP) is 4.07. The van der Waals surface area contributed by atoms with E-state index in [-0.39, 0.29) is 24.4 Å². The Labute approximate surface area is 176 Å². The molecule has 32 heavy (non-hydrogen) atoms. The normalized spacial score (nSPS) is 17.1. The van der Waals surface area contributed by atoms with E-state index in [0.29, 0.717) is 25.0 Å². The van der Waals surface area contributed by atoms with Gasteiger partial charge < -0.3 is 4.90 Å². The van der Waals surface area contributed by atoms with Crippen molar-refractivity contribution in [1.82, 2.24) is 29.6 Å². The molecule has 1 atom stereocenters. The summed E-state index contributed by atoms with van der Waals surface area (Å²) in [5, 5.41) is 4.04. The van der Waals surface area contributed by atoms with Crippen molar-refractivity contribution in [1.29, 1.82) is 0 Å². The van der Waals surface area contributed by atoms with Crippen LogP contribution in [0.25, 0.3) is 5.95 Å². The molecule has 0 bridgehead atoms. The third-order valence-corrected chi connectivity index (χ3v) is 4.96. The van der Waals surface area contributed by atoms with E-state index in [4.69, 9.17) is 0 Å². The summed E-state index contributed by atoms with van der Waals surface area (Å²) in [7, 11) is 0. The number of rotatable bonds is 3. The number of carbonyl (C=O) groups excluding carboxylic acids is 1. The summed E-state index contributed by atoms with van der Waals surface area (Å²) >= 11 is 0. The Morgan fingerprint density at radius 2 is 1.56 bits per heavy atom.